The molecule has 4 nitrogen and oxygen atoms in total. The maximum atomic E-state index is 11.5. The number of ketones is 1. The Morgan fingerprint density at radius 1 is 1.39 bits per heavy atom. The number of halogens is 1. The highest BCUT2D eigenvalue weighted by molar-refractivity contribution is 6.36. The third kappa shape index (κ3) is 2.68. The fourth-order valence-corrected chi connectivity index (χ4v) is 1.71. The second-order valence-corrected chi connectivity index (χ2v) is 4.24. The van der Waals surface area contributed by atoms with Crippen LogP contribution in [0.5, 0.6) is 0 Å². The lowest BCUT2D eigenvalue weighted by Crippen LogP contribution is -2.14. The van der Waals surface area contributed by atoms with Gasteiger partial charge < -0.3 is 5.32 Å². The van der Waals surface area contributed by atoms with E-state index in [2.05, 4.69) is 15.3 Å². The molecule has 0 aliphatic carbocycles. The number of hydrogen-bond acceptors (Lipinski definition) is 4. The summed E-state index contributed by atoms with van der Waals surface area (Å²) in [4.78, 5) is 19.5. The average Bonchev–Trinajstić information content (AvgIpc) is 2.34. The first-order valence-corrected chi connectivity index (χ1v) is 5.82. The van der Waals surface area contributed by atoms with Crippen molar-refractivity contribution in [2.45, 2.75) is 6.92 Å². The fourth-order valence-electron chi connectivity index (χ4n) is 1.57. The van der Waals surface area contributed by atoms with Crippen LogP contribution >= 0.6 is 11.6 Å². The molecule has 0 radical (unpaired) electrons. The summed E-state index contributed by atoms with van der Waals surface area (Å²) < 4.78 is 0. The molecule has 90 valence electrons. The van der Waals surface area contributed by atoms with Crippen molar-refractivity contribution >= 4 is 42.2 Å². The standard InChI is InChI=1S/C12H11BClN3O/c1-7(18)8-4-2-3-5-10(8)16-11-9(13)6-15-12(14)17-11/h2-6H,13H2,1H3,(H,15,16,17). The Kier molecular flexibility index (Phi) is 3.62. The Morgan fingerprint density at radius 2 is 2.11 bits per heavy atom. The van der Waals surface area contributed by atoms with Crippen molar-refractivity contribution in [1.29, 1.82) is 0 Å². The Bertz CT molecular complexity index is 604. The van der Waals surface area contributed by atoms with Gasteiger partial charge in [-0.25, -0.2) is 9.97 Å². The minimum atomic E-state index is -0.00379. The summed E-state index contributed by atoms with van der Waals surface area (Å²) >= 11 is 5.76. The molecule has 2 rings (SSSR count). The normalized spacial score (nSPS) is 10.1. The molecule has 0 spiro atoms. The lowest BCUT2D eigenvalue weighted by molar-refractivity contribution is 0.101. The Morgan fingerprint density at radius 3 is 2.83 bits per heavy atom. The third-order valence-corrected chi connectivity index (χ3v) is 2.68. The summed E-state index contributed by atoms with van der Waals surface area (Å²) in [6.45, 7) is 1.53. The summed E-state index contributed by atoms with van der Waals surface area (Å²) in [5, 5.41) is 3.28. The first-order chi connectivity index (χ1) is 8.58. The minimum Gasteiger partial charge on any atom is -0.340 e. The summed E-state index contributed by atoms with van der Waals surface area (Å²) in [6.07, 6.45) is 1.63. The van der Waals surface area contributed by atoms with Crippen LogP contribution in [-0.2, 0) is 0 Å². The van der Waals surface area contributed by atoms with E-state index in [0.717, 1.165) is 5.46 Å². The molecule has 0 aliphatic rings. The molecular formula is C12H11BClN3O. The van der Waals surface area contributed by atoms with Crippen LogP contribution in [-0.4, -0.2) is 23.6 Å². The number of carbonyl (C=O) groups excluding carboxylic acids is 1. The molecule has 0 fully saturated rings. The van der Waals surface area contributed by atoms with Crippen LogP contribution in [0.15, 0.2) is 30.5 Å². The molecule has 1 heterocycles. The van der Waals surface area contributed by atoms with Crippen molar-refractivity contribution in [3.63, 3.8) is 0 Å². The molecule has 1 aromatic heterocycles. The molecule has 0 aliphatic heterocycles. The van der Waals surface area contributed by atoms with E-state index in [4.69, 9.17) is 11.6 Å². The largest absolute Gasteiger partial charge is 0.340 e. The fraction of sp³-hybridized carbons (Fsp3) is 0.0833. The second-order valence-electron chi connectivity index (χ2n) is 3.90. The number of carbonyl (C=O) groups is 1. The van der Waals surface area contributed by atoms with Crippen LogP contribution < -0.4 is 10.8 Å². The molecule has 0 unspecified atom stereocenters. The molecule has 0 saturated carbocycles. The van der Waals surface area contributed by atoms with E-state index in [1.165, 1.54) is 6.92 Å². The van der Waals surface area contributed by atoms with Gasteiger partial charge in [0.2, 0.25) is 5.28 Å². The third-order valence-electron chi connectivity index (χ3n) is 2.50. The van der Waals surface area contributed by atoms with Crippen molar-refractivity contribution in [1.82, 2.24) is 9.97 Å². The lowest BCUT2D eigenvalue weighted by atomic mass is 9.99. The van der Waals surface area contributed by atoms with Gasteiger partial charge in [0.1, 0.15) is 13.7 Å². The predicted octanol–water partition coefficient (Wildman–Crippen LogP) is 1.33. The van der Waals surface area contributed by atoms with Gasteiger partial charge >= 0.3 is 0 Å². The SMILES string of the molecule is Bc1cnc(Cl)nc1Nc1ccccc1C(C)=O. The highest BCUT2D eigenvalue weighted by atomic mass is 35.5. The van der Waals surface area contributed by atoms with Crippen molar-refractivity contribution in [3.05, 3.63) is 41.3 Å². The number of hydrogen-bond donors (Lipinski definition) is 1. The molecule has 1 N–H and O–H groups in total. The Labute approximate surface area is 111 Å². The molecule has 0 atom stereocenters. The van der Waals surface area contributed by atoms with Crippen molar-refractivity contribution < 1.29 is 4.79 Å². The highest BCUT2D eigenvalue weighted by Gasteiger charge is 2.08. The van der Waals surface area contributed by atoms with E-state index in [1.807, 2.05) is 26.0 Å². The van der Waals surface area contributed by atoms with E-state index >= 15 is 0 Å². The molecule has 0 bridgehead atoms. The summed E-state index contributed by atoms with van der Waals surface area (Å²) in [6, 6.07) is 7.27. The monoisotopic (exact) mass is 259 g/mol. The van der Waals surface area contributed by atoms with Gasteiger partial charge in [0.25, 0.3) is 0 Å². The zero-order valence-electron chi connectivity index (χ0n) is 10.1. The van der Waals surface area contributed by atoms with E-state index in [0.29, 0.717) is 17.1 Å². The van der Waals surface area contributed by atoms with Gasteiger partial charge in [0.05, 0.1) is 5.69 Å². The molecule has 6 heteroatoms. The van der Waals surface area contributed by atoms with Crippen molar-refractivity contribution in [2.24, 2.45) is 0 Å². The average molecular weight is 260 g/mol. The van der Waals surface area contributed by atoms with Gasteiger partial charge in [-0.05, 0) is 36.1 Å². The first-order valence-electron chi connectivity index (χ1n) is 5.44. The maximum absolute atomic E-state index is 11.5. The zero-order chi connectivity index (χ0) is 13.1. The van der Waals surface area contributed by atoms with Crippen LogP contribution in [0, 0.1) is 0 Å². The molecule has 1 aromatic carbocycles. The smallest absolute Gasteiger partial charge is 0.224 e. The van der Waals surface area contributed by atoms with Crippen LogP contribution in [0.2, 0.25) is 5.28 Å². The van der Waals surface area contributed by atoms with E-state index in [-0.39, 0.29) is 11.1 Å². The second kappa shape index (κ2) is 5.18. The van der Waals surface area contributed by atoms with Gasteiger partial charge in [-0.3, -0.25) is 4.79 Å². The Balaban J connectivity index is 2.40. The van der Waals surface area contributed by atoms with E-state index in [1.54, 1.807) is 12.3 Å². The maximum Gasteiger partial charge on any atom is 0.224 e. The predicted molar refractivity (Wildman–Crippen MR) is 74.9 cm³/mol. The van der Waals surface area contributed by atoms with Crippen LogP contribution in [0.4, 0.5) is 11.5 Å². The van der Waals surface area contributed by atoms with Gasteiger partial charge in [-0.2, -0.15) is 0 Å². The quantitative estimate of drug-likeness (QED) is 0.513. The summed E-state index contributed by atoms with van der Waals surface area (Å²) in [5.41, 5.74) is 2.19. The van der Waals surface area contributed by atoms with Gasteiger partial charge in [-0.15, -0.1) is 0 Å². The zero-order valence-corrected chi connectivity index (χ0v) is 10.8. The van der Waals surface area contributed by atoms with Crippen LogP contribution in [0.25, 0.3) is 0 Å². The molecular weight excluding hydrogens is 248 g/mol. The number of anilines is 2. The van der Waals surface area contributed by atoms with E-state index < -0.39 is 0 Å². The number of nitrogens with zero attached hydrogens (tertiary/aromatic N) is 2. The molecule has 0 saturated heterocycles. The van der Waals surface area contributed by atoms with Gasteiger partial charge in [-0.1, -0.05) is 12.1 Å². The number of Topliss-reactive ketones (excluding diaryl/α,β-unsaturated/α-hetero) is 1. The number of aromatic nitrogens is 2. The highest BCUT2D eigenvalue weighted by Crippen LogP contribution is 2.19. The van der Waals surface area contributed by atoms with Crippen LogP contribution in [0.3, 0.4) is 0 Å². The van der Waals surface area contributed by atoms with Crippen molar-refractivity contribution in [3.8, 4) is 0 Å². The number of nitrogens with one attached hydrogen (secondary N) is 1. The van der Waals surface area contributed by atoms with Crippen molar-refractivity contribution in [2.75, 3.05) is 5.32 Å². The topological polar surface area (TPSA) is 54.9 Å². The first kappa shape index (κ1) is 12.6. The van der Waals surface area contributed by atoms with E-state index in [9.17, 15) is 4.79 Å². The minimum absolute atomic E-state index is 0.00379. The molecule has 2 aromatic rings. The number of para-hydroxylation sites is 1. The summed E-state index contributed by atoms with van der Waals surface area (Å²) in [5.74, 6) is 0.597. The Hall–Kier alpha value is -1.88. The number of rotatable bonds is 3. The number of benzene rings is 1. The molecule has 18 heavy (non-hydrogen) atoms. The van der Waals surface area contributed by atoms with Gasteiger partial charge in [0.15, 0.2) is 5.78 Å². The van der Waals surface area contributed by atoms with Crippen LogP contribution in [0.1, 0.15) is 17.3 Å². The molecule has 0 amide bonds. The summed E-state index contributed by atoms with van der Waals surface area (Å²) in [7, 11) is 1.87. The lowest BCUT2D eigenvalue weighted by Gasteiger charge is -2.11. The van der Waals surface area contributed by atoms with Gasteiger partial charge in [0, 0.05) is 11.8 Å².